The smallest absolute Gasteiger partial charge is 0.306 e. The first-order valence-corrected chi connectivity index (χ1v) is 16.1. The van der Waals surface area contributed by atoms with Crippen LogP contribution in [0.1, 0.15) is 62.5 Å². The molecule has 2 aromatic rings. The van der Waals surface area contributed by atoms with Gasteiger partial charge < -0.3 is 29.9 Å². The molecule has 8 heteroatoms. The Kier molecular flexibility index (Phi) is 11.3. The fourth-order valence-corrected chi connectivity index (χ4v) is 7.39. The highest BCUT2D eigenvalue weighted by atomic mass is 16.6. The Morgan fingerprint density at radius 1 is 0.727 bits per heavy atom. The Labute approximate surface area is 259 Å². The van der Waals surface area contributed by atoms with Crippen molar-refractivity contribution in [1.82, 2.24) is 0 Å². The van der Waals surface area contributed by atoms with Gasteiger partial charge in [0, 0.05) is 30.6 Å². The van der Waals surface area contributed by atoms with Gasteiger partial charge in [-0.1, -0.05) is 72.8 Å². The maximum absolute atomic E-state index is 11.4. The van der Waals surface area contributed by atoms with E-state index in [2.05, 4.69) is 12.1 Å². The lowest BCUT2D eigenvalue weighted by Gasteiger charge is -2.20. The summed E-state index contributed by atoms with van der Waals surface area (Å²) in [5.41, 5.74) is 2.43. The van der Waals surface area contributed by atoms with E-state index in [9.17, 15) is 30.0 Å². The first kappa shape index (κ1) is 32.4. The van der Waals surface area contributed by atoms with Gasteiger partial charge in [-0.25, -0.2) is 0 Å². The minimum Gasteiger partial charge on any atom is -0.462 e. The molecule has 4 fully saturated rings. The molecule has 0 radical (unpaired) electrons. The average Bonchev–Trinajstić information content (AvgIpc) is 3.72. The summed E-state index contributed by atoms with van der Waals surface area (Å²) in [6, 6.07) is 20.2. The normalized spacial score (nSPS) is 32.0. The molecule has 8 nitrogen and oxygen atoms in total. The predicted molar refractivity (Wildman–Crippen MR) is 164 cm³/mol. The number of aliphatic hydroxyl groups excluding tert-OH is 4. The Morgan fingerprint density at radius 3 is 1.91 bits per heavy atom. The van der Waals surface area contributed by atoms with Gasteiger partial charge in [-0.2, -0.15) is 0 Å². The maximum Gasteiger partial charge on any atom is 0.306 e. The third-order valence-electron chi connectivity index (χ3n) is 9.83. The van der Waals surface area contributed by atoms with Crippen LogP contribution in [-0.4, -0.2) is 69.0 Å². The molecule has 2 heterocycles. The van der Waals surface area contributed by atoms with Crippen LogP contribution >= 0.6 is 0 Å². The molecule has 0 aromatic heterocycles. The van der Waals surface area contributed by atoms with Gasteiger partial charge in [0.25, 0.3) is 0 Å². The first-order chi connectivity index (χ1) is 21.3. The van der Waals surface area contributed by atoms with Crippen molar-refractivity contribution >= 4 is 11.9 Å². The van der Waals surface area contributed by atoms with E-state index < -0.39 is 18.3 Å². The molecule has 2 aliphatic heterocycles. The molecule has 0 unspecified atom stereocenters. The molecule has 0 bridgehead atoms. The molecule has 10 atom stereocenters. The Morgan fingerprint density at radius 2 is 1.27 bits per heavy atom. The van der Waals surface area contributed by atoms with E-state index >= 15 is 0 Å². The lowest BCUT2D eigenvalue weighted by atomic mass is 9.87. The average molecular weight is 607 g/mol. The fourth-order valence-electron chi connectivity index (χ4n) is 7.39. The number of esters is 2. The van der Waals surface area contributed by atoms with Gasteiger partial charge in [0.1, 0.15) is 12.2 Å². The van der Waals surface area contributed by atoms with Gasteiger partial charge >= 0.3 is 11.9 Å². The van der Waals surface area contributed by atoms with Crippen LogP contribution in [0.5, 0.6) is 0 Å². The summed E-state index contributed by atoms with van der Waals surface area (Å²) in [6.45, 7) is 0. The number of benzene rings is 2. The SMILES string of the molecule is O=C1C[C@@H]2[C@@H](/C=C/[C@@H](O)CCc3ccccc3)[C@H](O)C[C@@H]2O1.O=C1C[C@@H]2[C@@H](CC[C@@H](O)CCc3ccccc3)[C@H](O)C[C@@H]2O1. The summed E-state index contributed by atoms with van der Waals surface area (Å²) >= 11 is 0. The number of aryl methyl sites for hydroxylation is 2. The molecular formula is C36H46O8. The highest BCUT2D eigenvalue weighted by molar-refractivity contribution is 5.73. The van der Waals surface area contributed by atoms with E-state index in [0.29, 0.717) is 38.5 Å². The monoisotopic (exact) mass is 606 g/mol. The minimum atomic E-state index is -0.538. The Bertz CT molecular complexity index is 1230. The van der Waals surface area contributed by atoms with Crippen LogP contribution in [0, 0.1) is 23.7 Å². The van der Waals surface area contributed by atoms with Crippen LogP contribution in [0.3, 0.4) is 0 Å². The quantitative estimate of drug-likeness (QED) is 0.224. The lowest BCUT2D eigenvalue weighted by Crippen LogP contribution is -2.22. The number of fused-ring (bicyclic) bond motifs is 2. The van der Waals surface area contributed by atoms with Crippen LogP contribution < -0.4 is 0 Å². The molecule has 2 aliphatic carbocycles. The number of ether oxygens (including phenoxy) is 2. The van der Waals surface area contributed by atoms with Crippen molar-refractivity contribution in [2.75, 3.05) is 0 Å². The van der Waals surface area contributed by atoms with Gasteiger partial charge in [0.15, 0.2) is 0 Å². The zero-order chi connectivity index (χ0) is 31.1. The molecule has 0 amide bonds. The molecule has 2 saturated carbocycles. The topological polar surface area (TPSA) is 134 Å². The molecule has 2 aromatic carbocycles. The molecule has 6 rings (SSSR count). The highest BCUT2D eigenvalue weighted by Crippen LogP contribution is 2.44. The fraction of sp³-hybridized carbons (Fsp3) is 0.556. The highest BCUT2D eigenvalue weighted by Gasteiger charge is 2.49. The van der Waals surface area contributed by atoms with Crippen LogP contribution in [0.4, 0.5) is 0 Å². The summed E-state index contributed by atoms with van der Waals surface area (Å²) in [6.07, 6.45) is 7.93. The van der Waals surface area contributed by atoms with E-state index in [0.717, 1.165) is 25.7 Å². The molecule has 4 aliphatic rings. The number of carbonyl (C=O) groups excluding carboxylic acids is 2. The van der Waals surface area contributed by atoms with Crippen molar-refractivity contribution in [3.05, 3.63) is 83.9 Å². The summed E-state index contributed by atoms with van der Waals surface area (Å²) < 4.78 is 10.4. The van der Waals surface area contributed by atoms with E-state index in [4.69, 9.17) is 9.47 Å². The van der Waals surface area contributed by atoms with Crippen molar-refractivity contribution < 1.29 is 39.5 Å². The van der Waals surface area contributed by atoms with Gasteiger partial charge in [-0.3, -0.25) is 9.59 Å². The third kappa shape index (κ3) is 8.57. The molecule has 4 N–H and O–H groups in total. The molecule has 0 spiro atoms. The van der Waals surface area contributed by atoms with Crippen LogP contribution in [0.25, 0.3) is 0 Å². The molecular weight excluding hydrogens is 560 g/mol. The van der Waals surface area contributed by atoms with E-state index in [1.54, 1.807) is 6.08 Å². The van der Waals surface area contributed by atoms with Crippen molar-refractivity contribution in [3.8, 4) is 0 Å². The second kappa shape index (κ2) is 15.3. The number of aliphatic hydroxyl groups is 4. The Balaban J connectivity index is 0.000000175. The van der Waals surface area contributed by atoms with E-state index in [-0.39, 0.29) is 53.9 Å². The van der Waals surface area contributed by atoms with Gasteiger partial charge in [0.2, 0.25) is 0 Å². The lowest BCUT2D eigenvalue weighted by molar-refractivity contribution is -0.142. The summed E-state index contributed by atoms with van der Waals surface area (Å²) in [5, 5.41) is 40.5. The predicted octanol–water partition coefficient (Wildman–Crippen LogP) is 3.92. The van der Waals surface area contributed by atoms with Crippen molar-refractivity contribution in [1.29, 1.82) is 0 Å². The van der Waals surface area contributed by atoms with Gasteiger partial charge in [0.05, 0.1) is 37.3 Å². The largest absolute Gasteiger partial charge is 0.462 e. The Hall–Kier alpha value is -3.04. The first-order valence-electron chi connectivity index (χ1n) is 16.1. The maximum atomic E-state index is 11.4. The van der Waals surface area contributed by atoms with Crippen molar-refractivity contribution in [3.63, 3.8) is 0 Å². The molecule has 238 valence electrons. The summed E-state index contributed by atoms with van der Waals surface area (Å²) in [5.74, 6) is -0.129. The van der Waals surface area contributed by atoms with Crippen LogP contribution in [0.2, 0.25) is 0 Å². The third-order valence-corrected chi connectivity index (χ3v) is 9.83. The standard InChI is InChI=1S/C18H24O4.C18H22O4/c2*19-13(7-6-12-4-2-1-3-5-12)8-9-14-15-10-18(21)22-17(15)11-16(14)20/h1-5,13-17,19-20H,6-11H2;1-5,8-9,13-17,19-20H,6-7,10-11H2/b;9-8+/t2*13-,14+,15+,16+,17-/m00/s1. The van der Waals surface area contributed by atoms with Gasteiger partial charge in [-0.15, -0.1) is 0 Å². The van der Waals surface area contributed by atoms with Crippen molar-refractivity contribution in [2.24, 2.45) is 23.7 Å². The van der Waals surface area contributed by atoms with Crippen molar-refractivity contribution in [2.45, 2.75) is 101 Å². The van der Waals surface area contributed by atoms with E-state index in [1.807, 2.05) is 54.6 Å². The number of hydrogen-bond acceptors (Lipinski definition) is 8. The second-order valence-corrected chi connectivity index (χ2v) is 12.9. The zero-order valence-corrected chi connectivity index (χ0v) is 25.2. The number of rotatable bonds is 11. The van der Waals surface area contributed by atoms with E-state index in [1.165, 1.54) is 11.1 Å². The summed E-state index contributed by atoms with van der Waals surface area (Å²) in [4.78, 5) is 22.7. The number of carbonyl (C=O) groups is 2. The molecule has 44 heavy (non-hydrogen) atoms. The number of hydrogen-bond donors (Lipinski definition) is 4. The summed E-state index contributed by atoms with van der Waals surface area (Å²) in [7, 11) is 0. The minimum absolute atomic E-state index is 0.0556. The zero-order valence-electron chi connectivity index (χ0n) is 25.2. The molecule has 2 saturated heterocycles. The second-order valence-electron chi connectivity index (χ2n) is 12.9. The van der Waals surface area contributed by atoms with Gasteiger partial charge in [-0.05, 0) is 55.6 Å². The van der Waals surface area contributed by atoms with Crippen LogP contribution in [-0.2, 0) is 31.9 Å². The van der Waals surface area contributed by atoms with Crippen LogP contribution in [0.15, 0.2) is 72.8 Å².